The molecule has 2 aromatic rings. The monoisotopic (exact) mass is 369 g/mol. The van der Waals surface area contributed by atoms with Gasteiger partial charge >= 0.3 is 0 Å². The second-order valence-corrected chi connectivity index (χ2v) is 7.12. The van der Waals surface area contributed by atoms with E-state index >= 15 is 0 Å². The lowest BCUT2D eigenvalue weighted by atomic mass is 10.2. The SMILES string of the molecule is NCCCNC(=O)c1ccccc1SCC(=O)N1CCc2ccccc21. The number of benzene rings is 2. The minimum absolute atomic E-state index is 0.0679. The zero-order chi connectivity index (χ0) is 18.4. The number of rotatable bonds is 7. The summed E-state index contributed by atoms with van der Waals surface area (Å²) in [7, 11) is 0. The van der Waals surface area contributed by atoms with Gasteiger partial charge in [0.1, 0.15) is 0 Å². The van der Waals surface area contributed by atoms with E-state index in [9.17, 15) is 9.59 Å². The lowest BCUT2D eigenvalue weighted by Crippen LogP contribution is -2.30. The van der Waals surface area contributed by atoms with E-state index in [0.29, 0.717) is 24.4 Å². The van der Waals surface area contributed by atoms with E-state index < -0.39 is 0 Å². The Kier molecular flexibility index (Phi) is 6.30. The molecule has 0 atom stereocenters. The molecular weight excluding hydrogens is 346 g/mol. The van der Waals surface area contributed by atoms with Crippen LogP contribution in [0.3, 0.4) is 0 Å². The highest BCUT2D eigenvalue weighted by atomic mass is 32.2. The van der Waals surface area contributed by atoms with Crippen molar-refractivity contribution in [2.45, 2.75) is 17.7 Å². The Morgan fingerprint density at radius 2 is 1.88 bits per heavy atom. The first kappa shape index (κ1) is 18.5. The number of hydrogen-bond donors (Lipinski definition) is 2. The van der Waals surface area contributed by atoms with Crippen LogP contribution in [0.2, 0.25) is 0 Å². The Bertz CT molecular complexity index is 794. The zero-order valence-corrected chi connectivity index (χ0v) is 15.4. The number of hydrogen-bond acceptors (Lipinski definition) is 4. The van der Waals surface area contributed by atoms with Gasteiger partial charge in [-0.25, -0.2) is 0 Å². The van der Waals surface area contributed by atoms with Gasteiger partial charge in [0, 0.05) is 23.7 Å². The minimum Gasteiger partial charge on any atom is -0.352 e. The number of nitrogens with two attached hydrogens (primary N) is 1. The van der Waals surface area contributed by atoms with Gasteiger partial charge < -0.3 is 16.0 Å². The summed E-state index contributed by atoms with van der Waals surface area (Å²) in [4.78, 5) is 27.7. The van der Waals surface area contributed by atoms with Crippen molar-refractivity contribution in [2.75, 3.05) is 30.3 Å². The number of carbonyl (C=O) groups is 2. The van der Waals surface area contributed by atoms with Crippen LogP contribution in [-0.4, -0.2) is 37.2 Å². The number of amides is 2. The molecule has 6 heteroatoms. The highest BCUT2D eigenvalue weighted by molar-refractivity contribution is 8.00. The highest BCUT2D eigenvalue weighted by Gasteiger charge is 2.24. The predicted molar refractivity (Wildman–Crippen MR) is 106 cm³/mol. The standard InChI is InChI=1S/C20H23N3O2S/c21-11-5-12-22-20(25)16-7-2-4-9-18(16)26-14-19(24)23-13-10-15-6-1-3-8-17(15)23/h1-4,6-9H,5,10-14,21H2,(H,22,25). The molecule has 2 amide bonds. The molecule has 0 spiro atoms. The number of carbonyl (C=O) groups excluding carboxylic acids is 2. The van der Waals surface area contributed by atoms with Crippen LogP contribution < -0.4 is 16.0 Å². The van der Waals surface area contributed by atoms with Crippen molar-refractivity contribution in [3.05, 3.63) is 59.7 Å². The Morgan fingerprint density at radius 3 is 2.73 bits per heavy atom. The summed E-state index contributed by atoms with van der Waals surface area (Å²) in [5.41, 5.74) is 8.28. The molecule has 3 N–H and O–H groups in total. The Hall–Kier alpha value is -2.31. The van der Waals surface area contributed by atoms with Crippen LogP contribution in [-0.2, 0) is 11.2 Å². The molecule has 0 aromatic heterocycles. The fraction of sp³-hybridized carbons (Fsp3) is 0.300. The quantitative estimate of drug-likeness (QED) is 0.581. The molecule has 0 unspecified atom stereocenters. The number of nitrogens with one attached hydrogen (secondary N) is 1. The molecule has 1 aliphatic heterocycles. The average Bonchev–Trinajstić information content (AvgIpc) is 3.10. The molecule has 136 valence electrons. The third-order valence-electron chi connectivity index (χ3n) is 4.34. The molecule has 1 heterocycles. The zero-order valence-electron chi connectivity index (χ0n) is 14.6. The predicted octanol–water partition coefficient (Wildman–Crippen LogP) is 2.45. The van der Waals surface area contributed by atoms with Gasteiger partial charge in [-0.2, -0.15) is 0 Å². The molecule has 26 heavy (non-hydrogen) atoms. The van der Waals surface area contributed by atoms with Crippen molar-refractivity contribution in [1.82, 2.24) is 5.32 Å². The lowest BCUT2D eigenvalue weighted by Gasteiger charge is -2.17. The first-order valence-corrected chi connectivity index (χ1v) is 9.77. The fourth-order valence-corrected chi connectivity index (χ4v) is 3.92. The van der Waals surface area contributed by atoms with Crippen LogP contribution in [0.4, 0.5) is 5.69 Å². The number of fused-ring (bicyclic) bond motifs is 1. The highest BCUT2D eigenvalue weighted by Crippen LogP contribution is 2.29. The van der Waals surface area contributed by atoms with E-state index in [1.807, 2.05) is 41.3 Å². The van der Waals surface area contributed by atoms with E-state index in [4.69, 9.17) is 5.73 Å². The summed E-state index contributed by atoms with van der Waals surface area (Å²) in [5.74, 6) is 0.250. The second-order valence-electron chi connectivity index (χ2n) is 6.11. The van der Waals surface area contributed by atoms with E-state index in [0.717, 1.165) is 30.0 Å². The lowest BCUT2D eigenvalue weighted by molar-refractivity contribution is -0.116. The van der Waals surface area contributed by atoms with Crippen LogP contribution in [0, 0.1) is 0 Å². The van der Waals surface area contributed by atoms with Gasteiger partial charge in [-0.1, -0.05) is 30.3 Å². The molecular formula is C20H23N3O2S. The van der Waals surface area contributed by atoms with Crippen LogP contribution in [0.15, 0.2) is 53.4 Å². The maximum absolute atomic E-state index is 12.7. The molecule has 0 saturated carbocycles. The van der Waals surface area contributed by atoms with E-state index in [1.54, 1.807) is 6.07 Å². The fourth-order valence-electron chi connectivity index (χ4n) is 2.99. The molecule has 0 bridgehead atoms. The van der Waals surface area contributed by atoms with Gasteiger partial charge in [0.15, 0.2) is 0 Å². The second kappa shape index (κ2) is 8.87. The summed E-state index contributed by atoms with van der Waals surface area (Å²) in [5, 5.41) is 2.87. The first-order chi connectivity index (χ1) is 12.7. The smallest absolute Gasteiger partial charge is 0.252 e. The summed E-state index contributed by atoms with van der Waals surface area (Å²) in [6.07, 6.45) is 1.64. The molecule has 0 aliphatic carbocycles. The van der Waals surface area contributed by atoms with Crippen LogP contribution in [0.25, 0.3) is 0 Å². The third kappa shape index (κ3) is 4.26. The maximum Gasteiger partial charge on any atom is 0.252 e. The molecule has 1 aliphatic rings. The van der Waals surface area contributed by atoms with Gasteiger partial charge in [0.25, 0.3) is 5.91 Å². The van der Waals surface area contributed by atoms with E-state index in [-0.39, 0.29) is 11.8 Å². The summed E-state index contributed by atoms with van der Waals surface area (Å²) in [6.45, 7) is 1.82. The minimum atomic E-state index is -0.125. The number of thioether (sulfide) groups is 1. The number of anilines is 1. The van der Waals surface area contributed by atoms with E-state index in [1.165, 1.54) is 17.3 Å². The molecule has 5 nitrogen and oxygen atoms in total. The third-order valence-corrected chi connectivity index (χ3v) is 5.40. The van der Waals surface area contributed by atoms with Crippen molar-refractivity contribution in [2.24, 2.45) is 5.73 Å². The van der Waals surface area contributed by atoms with Crippen molar-refractivity contribution in [3.8, 4) is 0 Å². The Balaban J connectivity index is 1.63. The molecule has 2 aromatic carbocycles. The maximum atomic E-state index is 12.7. The average molecular weight is 369 g/mol. The number of para-hydroxylation sites is 1. The number of nitrogens with zero attached hydrogens (tertiary/aromatic N) is 1. The topological polar surface area (TPSA) is 75.4 Å². The van der Waals surface area contributed by atoms with Gasteiger partial charge in [0.05, 0.1) is 11.3 Å². The van der Waals surface area contributed by atoms with Gasteiger partial charge in [0.2, 0.25) is 5.91 Å². The van der Waals surface area contributed by atoms with Crippen LogP contribution in [0.5, 0.6) is 0 Å². The molecule has 0 radical (unpaired) electrons. The van der Waals surface area contributed by atoms with Gasteiger partial charge in [-0.15, -0.1) is 11.8 Å². The van der Waals surface area contributed by atoms with Gasteiger partial charge in [-0.3, -0.25) is 9.59 Å². The van der Waals surface area contributed by atoms with Crippen LogP contribution >= 0.6 is 11.8 Å². The van der Waals surface area contributed by atoms with Crippen molar-refractivity contribution in [3.63, 3.8) is 0 Å². The normalized spacial score (nSPS) is 12.7. The summed E-state index contributed by atoms with van der Waals surface area (Å²) >= 11 is 1.41. The van der Waals surface area contributed by atoms with Crippen molar-refractivity contribution >= 4 is 29.3 Å². The first-order valence-electron chi connectivity index (χ1n) is 8.79. The molecule has 0 saturated heterocycles. The molecule has 0 fully saturated rings. The molecule has 3 rings (SSSR count). The van der Waals surface area contributed by atoms with Crippen molar-refractivity contribution in [1.29, 1.82) is 0 Å². The van der Waals surface area contributed by atoms with Crippen molar-refractivity contribution < 1.29 is 9.59 Å². The van der Waals surface area contributed by atoms with Gasteiger partial charge in [-0.05, 0) is 43.1 Å². The van der Waals surface area contributed by atoms with Crippen LogP contribution in [0.1, 0.15) is 22.3 Å². The Morgan fingerprint density at radius 1 is 1.12 bits per heavy atom. The summed E-state index contributed by atoms with van der Waals surface area (Å²) < 4.78 is 0. The summed E-state index contributed by atoms with van der Waals surface area (Å²) in [6, 6.07) is 15.4. The Labute approximate surface area is 157 Å². The van der Waals surface area contributed by atoms with E-state index in [2.05, 4.69) is 11.4 Å². The largest absolute Gasteiger partial charge is 0.352 e.